The predicted molar refractivity (Wildman–Crippen MR) is 46.9 cm³/mol. The van der Waals surface area contributed by atoms with Crippen molar-refractivity contribution >= 4 is 18.4 Å². The molecule has 0 bridgehead atoms. The molecule has 0 spiro atoms. The van der Waals surface area contributed by atoms with Crippen LogP contribution < -0.4 is 5.73 Å². The van der Waals surface area contributed by atoms with Gasteiger partial charge in [0.05, 0.1) is 0 Å². The second kappa shape index (κ2) is 5.16. The van der Waals surface area contributed by atoms with Crippen molar-refractivity contribution in [2.45, 2.75) is 25.3 Å². The van der Waals surface area contributed by atoms with E-state index in [0.29, 0.717) is 12.8 Å². The van der Waals surface area contributed by atoms with Crippen molar-refractivity contribution in [2.24, 2.45) is 5.73 Å². The summed E-state index contributed by atoms with van der Waals surface area (Å²) in [6, 6.07) is 0. The van der Waals surface area contributed by atoms with Gasteiger partial charge in [-0.2, -0.15) is 0 Å². The fraction of sp³-hybridized carbons (Fsp3) is 0.571. The number of carboxylic acids is 1. The topological polar surface area (TPSA) is 63.3 Å². The molecule has 0 aromatic rings. The van der Waals surface area contributed by atoms with Crippen molar-refractivity contribution in [3.05, 3.63) is 12.7 Å². The molecule has 11 heavy (non-hydrogen) atoms. The van der Waals surface area contributed by atoms with E-state index in [1.807, 2.05) is 0 Å². The second-order valence-corrected chi connectivity index (χ2v) is 2.55. The Kier molecular flexibility index (Phi) is 6.13. The molecule has 0 aliphatic heterocycles. The quantitative estimate of drug-likeness (QED) is 0.637. The normalized spacial score (nSPS) is 14.4. The molecule has 1 unspecified atom stereocenters. The van der Waals surface area contributed by atoms with E-state index in [2.05, 4.69) is 6.58 Å². The van der Waals surface area contributed by atoms with Gasteiger partial charge < -0.3 is 10.8 Å². The van der Waals surface area contributed by atoms with Gasteiger partial charge in [0.25, 0.3) is 0 Å². The van der Waals surface area contributed by atoms with Crippen molar-refractivity contribution in [3.8, 4) is 0 Å². The Morgan fingerprint density at radius 3 is 2.55 bits per heavy atom. The van der Waals surface area contributed by atoms with Crippen LogP contribution >= 0.6 is 12.4 Å². The first-order chi connectivity index (χ1) is 4.50. The largest absolute Gasteiger partial charge is 0.480 e. The lowest BCUT2D eigenvalue weighted by atomic mass is 9.98. The average Bonchev–Trinajstić information content (AvgIpc) is 1.84. The molecule has 0 fully saturated rings. The molecule has 0 aromatic heterocycles. The lowest BCUT2D eigenvalue weighted by Crippen LogP contribution is -2.44. The van der Waals surface area contributed by atoms with Gasteiger partial charge in [-0.25, -0.2) is 0 Å². The van der Waals surface area contributed by atoms with Crippen LogP contribution in [0, 0.1) is 0 Å². The minimum absolute atomic E-state index is 0. The lowest BCUT2D eigenvalue weighted by molar-refractivity contribution is -0.142. The number of allylic oxidation sites excluding steroid dienone is 1. The van der Waals surface area contributed by atoms with Gasteiger partial charge in [0.2, 0.25) is 0 Å². The van der Waals surface area contributed by atoms with E-state index in [0.717, 1.165) is 0 Å². The Balaban J connectivity index is 0. The summed E-state index contributed by atoms with van der Waals surface area (Å²) in [6.45, 7) is 4.97. The van der Waals surface area contributed by atoms with Gasteiger partial charge in [-0.05, 0) is 19.8 Å². The van der Waals surface area contributed by atoms with E-state index in [1.54, 1.807) is 6.08 Å². The number of hydrogen-bond donors (Lipinski definition) is 2. The first-order valence-corrected chi connectivity index (χ1v) is 3.14. The van der Waals surface area contributed by atoms with Crippen LogP contribution in [0.1, 0.15) is 19.8 Å². The molecule has 0 radical (unpaired) electrons. The van der Waals surface area contributed by atoms with E-state index in [4.69, 9.17) is 10.8 Å². The summed E-state index contributed by atoms with van der Waals surface area (Å²) >= 11 is 0. The van der Waals surface area contributed by atoms with Crippen molar-refractivity contribution in [1.82, 2.24) is 0 Å². The maximum Gasteiger partial charge on any atom is 0.323 e. The smallest absolute Gasteiger partial charge is 0.323 e. The third kappa shape index (κ3) is 4.81. The fourth-order valence-electron chi connectivity index (χ4n) is 0.509. The van der Waals surface area contributed by atoms with E-state index in [1.165, 1.54) is 6.92 Å². The van der Waals surface area contributed by atoms with Gasteiger partial charge in [0, 0.05) is 0 Å². The summed E-state index contributed by atoms with van der Waals surface area (Å²) < 4.78 is 0. The van der Waals surface area contributed by atoms with Crippen molar-refractivity contribution in [1.29, 1.82) is 0 Å². The highest BCUT2D eigenvalue weighted by molar-refractivity contribution is 5.85. The highest BCUT2D eigenvalue weighted by atomic mass is 35.5. The number of rotatable bonds is 4. The Bertz CT molecular complexity index is 145. The first-order valence-electron chi connectivity index (χ1n) is 3.14. The summed E-state index contributed by atoms with van der Waals surface area (Å²) in [4.78, 5) is 10.4. The molecule has 1 atom stereocenters. The number of hydrogen-bond acceptors (Lipinski definition) is 2. The van der Waals surface area contributed by atoms with Gasteiger partial charge in [-0.1, -0.05) is 6.08 Å². The number of carboxylic acid groups (broad SMARTS) is 1. The molecule has 3 nitrogen and oxygen atoms in total. The summed E-state index contributed by atoms with van der Waals surface area (Å²) in [7, 11) is 0. The second-order valence-electron chi connectivity index (χ2n) is 2.55. The number of halogens is 1. The van der Waals surface area contributed by atoms with Gasteiger partial charge in [0.15, 0.2) is 0 Å². The number of nitrogens with two attached hydrogens (primary N) is 1. The fourth-order valence-corrected chi connectivity index (χ4v) is 0.509. The molecule has 0 aromatic carbocycles. The molecular formula is C7H14ClNO2. The van der Waals surface area contributed by atoms with Crippen molar-refractivity contribution < 1.29 is 9.90 Å². The summed E-state index contributed by atoms with van der Waals surface area (Å²) in [5.74, 6) is -0.964. The van der Waals surface area contributed by atoms with E-state index in [9.17, 15) is 4.79 Å². The van der Waals surface area contributed by atoms with Crippen LogP contribution in [-0.4, -0.2) is 16.6 Å². The summed E-state index contributed by atoms with van der Waals surface area (Å²) in [5.41, 5.74) is 4.30. The molecule has 66 valence electrons. The van der Waals surface area contributed by atoms with Crippen LogP contribution in [0.25, 0.3) is 0 Å². The summed E-state index contributed by atoms with van der Waals surface area (Å²) in [5, 5.41) is 8.51. The maximum absolute atomic E-state index is 10.4. The van der Waals surface area contributed by atoms with E-state index >= 15 is 0 Å². The zero-order chi connectivity index (χ0) is 8.20. The highest BCUT2D eigenvalue weighted by Crippen LogP contribution is 2.08. The van der Waals surface area contributed by atoms with Crippen LogP contribution in [0.5, 0.6) is 0 Å². The molecular weight excluding hydrogens is 166 g/mol. The molecule has 0 rings (SSSR count). The Morgan fingerprint density at radius 1 is 1.82 bits per heavy atom. The number of carbonyl (C=O) groups is 1. The van der Waals surface area contributed by atoms with Gasteiger partial charge in [-0.3, -0.25) is 4.79 Å². The van der Waals surface area contributed by atoms with Crippen LogP contribution in [0.4, 0.5) is 0 Å². The van der Waals surface area contributed by atoms with Crippen LogP contribution in [0.15, 0.2) is 12.7 Å². The Morgan fingerprint density at radius 2 is 2.27 bits per heavy atom. The molecule has 0 aliphatic carbocycles. The third-order valence-electron chi connectivity index (χ3n) is 1.36. The minimum Gasteiger partial charge on any atom is -0.480 e. The van der Waals surface area contributed by atoms with Crippen molar-refractivity contribution in [2.75, 3.05) is 0 Å². The minimum atomic E-state index is -1.10. The highest BCUT2D eigenvalue weighted by Gasteiger charge is 2.26. The van der Waals surface area contributed by atoms with Gasteiger partial charge in [0.1, 0.15) is 5.54 Å². The monoisotopic (exact) mass is 179 g/mol. The number of aliphatic carboxylic acids is 1. The van der Waals surface area contributed by atoms with E-state index < -0.39 is 11.5 Å². The van der Waals surface area contributed by atoms with Crippen molar-refractivity contribution in [3.63, 3.8) is 0 Å². The SMILES string of the molecule is C=CCCC(C)(N)C(=O)O.Cl. The standard InChI is InChI=1S/C7H13NO2.ClH/c1-3-4-5-7(2,8)6(9)10;/h3H,1,4-5,8H2,2H3,(H,9,10);1H. The predicted octanol–water partition coefficient (Wildman–Crippen LogP) is 1.18. The molecule has 4 heteroatoms. The molecule has 3 N–H and O–H groups in total. The maximum atomic E-state index is 10.4. The molecule has 0 saturated heterocycles. The zero-order valence-corrected chi connectivity index (χ0v) is 7.36. The zero-order valence-electron chi connectivity index (χ0n) is 6.54. The first kappa shape index (κ1) is 13.1. The van der Waals surface area contributed by atoms with Gasteiger partial charge in [-0.15, -0.1) is 19.0 Å². The molecule has 0 aliphatic rings. The lowest BCUT2D eigenvalue weighted by Gasteiger charge is -2.17. The Hall–Kier alpha value is -0.540. The van der Waals surface area contributed by atoms with Crippen LogP contribution in [-0.2, 0) is 4.79 Å². The van der Waals surface area contributed by atoms with Crippen LogP contribution in [0.2, 0.25) is 0 Å². The molecule has 0 saturated carbocycles. The Labute approximate surface area is 72.7 Å². The molecule has 0 amide bonds. The third-order valence-corrected chi connectivity index (χ3v) is 1.36. The summed E-state index contributed by atoms with van der Waals surface area (Å²) in [6.07, 6.45) is 2.74. The average molecular weight is 180 g/mol. The molecule has 0 heterocycles. The van der Waals surface area contributed by atoms with E-state index in [-0.39, 0.29) is 12.4 Å². The van der Waals surface area contributed by atoms with Gasteiger partial charge >= 0.3 is 5.97 Å². The van der Waals surface area contributed by atoms with Crippen LogP contribution in [0.3, 0.4) is 0 Å².